The van der Waals surface area contributed by atoms with Gasteiger partial charge in [-0.25, -0.2) is 4.79 Å². The zero-order valence-electron chi connectivity index (χ0n) is 13.3. The van der Waals surface area contributed by atoms with E-state index in [1.165, 1.54) is 0 Å². The van der Waals surface area contributed by atoms with Crippen LogP contribution in [0.3, 0.4) is 0 Å². The van der Waals surface area contributed by atoms with Crippen LogP contribution < -0.4 is 10.2 Å². The Morgan fingerprint density at radius 3 is 2.52 bits per heavy atom. The molecular formula is C17H23N3O2S. The van der Waals surface area contributed by atoms with E-state index in [0.717, 1.165) is 55.2 Å². The van der Waals surface area contributed by atoms with Crippen LogP contribution in [0.25, 0.3) is 0 Å². The molecule has 2 saturated heterocycles. The van der Waals surface area contributed by atoms with E-state index in [0.29, 0.717) is 13.0 Å². The van der Waals surface area contributed by atoms with Crippen molar-refractivity contribution < 1.29 is 9.59 Å². The number of anilines is 1. The zero-order valence-corrected chi connectivity index (χ0v) is 14.1. The summed E-state index contributed by atoms with van der Waals surface area (Å²) in [5, 5.41) is 2.97. The van der Waals surface area contributed by atoms with E-state index < -0.39 is 0 Å². The number of thioether (sulfide) groups is 1. The van der Waals surface area contributed by atoms with E-state index in [1.54, 1.807) is 0 Å². The highest BCUT2D eigenvalue weighted by Gasteiger charge is 2.19. The number of benzene rings is 1. The fraction of sp³-hybridized carbons (Fsp3) is 0.529. The van der Waals surface area contributed by atoms with Gasteiger partial charge in [0.05, 0.1) is 0 Å². The van der Waals surface area contributed by atoms with Crippen LogP contribution in [0.4, 0.5) is 10.5 Å². The molecule has 2 heterocycles. The first kappa shape index (κ1) is 16.2. The summed E-state index contributed by atoms with van der Waals surface area (Å²) in [5.41, 5.74) is 2.01. The van der Waals surface area contributed by atoms with Crippen LogP contribution in [0.5, 0.6) is 0 Å². The third-order valence-corrected chi connectivity index (χ3v) is 5.26. The topological polar surface area (TPSA) is 52.7 Å². The predicted molar refractivity (Wildman–Crippen MR) is 93.8 cm³/mol. The third kappa shape index (κ3) is 4.19. The predicted octanol–water partition coefficient (Wildman–Crippen LogP) is 2.46. The molecule has 0 bridgehead atoms. The van der Waals surface area contributed by atoms with Gasteiger partial charge in [-0.1, -0.05) is 12.1 Å². The lowest BCUT2D eigenvalue weighted by molar-refractivity contribution is -0.119. The summed E-state index contributed by atoms with van der Waals surface area (Å²) in [7, 11) is 0. The first-order valence-corrected chi connectivity index (χ1v) is 9.39. The zero-order chi connectivity index (χ0) is 16.1. The molecule has 23 heavy (non-hydrogen) atoms. The Labute approximate surface area is 141 Å². The van der Waals surface area contributed by atoms with E-state index in [9.17, 15) is 9.59 Å². The fourth-order valence-corrected chi connectivity index (χ4v) is 3.83. The van der Waals surface area contributed by atoms with E-state index in [4.69, 9.17) is 0 Å². The van der Waals surface area contributed by atoms with Crippen molar-refractivity contribution in [2.24, 2.45) is 0 Å². The second-order valence-corrected chi connectivity index (χ2v) is 7.15. The lowest BCUT2D eigenvalue weighted by atomic mass is 10.1. The van der Waals surface area contributed by atoms with Crippen molar-refractivity contribution in [1.29, 1.82) is 0 Å². The molecule has 6 heteroatoms. The van der Waals surface area contributed by atoms with Crippen molar-refractivity contribution in [2.75, 3.05) is 36.0 Å². The number of amides is 3. The van der Waals surface area contributed by atoms with Crippen LogP contribution in [0.15, 0.2) is 24.3 Å². The summed E-state index contributed by atoms with van der Waals surface area (Å²) in [6, 6.07) is 7.94. The highest BCUT2D eigenvalue weighted by molar-refractivity contribution is 7.99. The lowest BCUT2D eigenvalue weighted by Gasteiger charge is -2.27. The van der Waals surface area contributed by atoms with Gasteiger partial charge < -0.3 is 15.1 Å². The van der Waals surface area contributed by atoms with Crippen LogP contribution in [-0.4, -0.2) is 48.0 Å². The van der Waals surface area contributed by atoms with Crippen LogP contribution in [-0.2, 0) is 11.3 Å². The minimum absolute atomic E-state index is 0.0144. The van der Waals surface area contributed by atoms with Gasteiger partial charge in [0.2, 0.25) is 5.91 Å². The number of carbonyl (C=O) groups is 2. The van der Waals surface area contributed by atoms with Crippen molar-refractivity contribution in [3.8, 4) is 0 Å². The van der Waals surface area contributed by atoms with Gasteiger partial charge in [0.25, 0.3) is 0 Å². The van der Waals surface area contributed by atoms with Gasteiger partial charge in [-0.15, -0.1) is 0 Å². The number of hydrogen-bond acceptors (Lipinski definition) is 3. The normalized spacial score (nSPS) is 18.9. The van der Waals surface area contributed by atoms with Gasteiger partial charge in [0, 0.05) is 49.8 Å². The van der Waals surface area contributed by atoms with Crippen molar-refractivity contribution >= 4 is 29.4 Å². The van der Waals surface area contributed by atoms with Gasteiger partial charge in [-0.05, 0) is 30.5 Å². The lowest BCUT2D eigenvalue weighted by Crippen LogP contribution is -2.44. The van der Waals surface area contributed by atoms with E-state index >= 15 is 0 Å². The molecule has 0 radical (unpaired) electrons. The second kappa shape index (κ2) is 7.73. The van der Waals surface area contributed by atoms with Gasteiger partial charge in [-0.2, -0.15) is 11.8 Å². The summed E-state index contributed by atoms with van der Waals surface area (Å²) >= 11 is 1.89. The van der Waals surface area contributed by atoms with E-state index in [2.05, 4.69) is 5.32 Å². The standard InChI is InChI=1S/C17H23N3O2S/c21-16-3-1-2-8-20(16)15-6-4-14(5-7-15)13-18-17(22)19-9-11-23-12-10-19/h4-7H,1-3,8-13H2,(H,18,22). The summed E-state index contributed by atoms with van der Waals surface area (Å²) in [6.07, 6.45) is 2.71. The molecule has 0 unspecified atom stereocenters. The molecule has 2 aliphatic heterocycles. The average molecular weight is 333 g/mol. The molecule has 0 aliphatic carbocycles. The number of urea groups is 1. The first-order chi connectivity index (χ1) is 11.2. The molecule has 0 aromatic heterocycles. The number of nitrogens with zero attached hydrogens (tertiary/aromatic N) is 2. The number of rotatable bonds is 3. The molecule has 1 N–H and O–H groups in total. The minimum Gasteiger partial charge on any atom is -0.334 e. The summed E-state index contributed by atoms with van der Waals surface area (Å²) in [6.45, 7) is 2.98. The average Bonchev–Trinajstić information content (AvgIpc) is 2.61. The first-order valence-electron chi connectivity index (χ1n) is 8.24. The van der Waals surface area contributed by atoms with Gasteiger partial charge in [0.15, 0.2) is 0 Å². The Bertz CT molecular complexity index is 555. The molecule has 124 valence electrons. The Morgan fingerprint density at radius 2 is 1.83 bits per heavy atom. The quantitative estimate of drug-likeness (QED) is 0.924. The van der Waals surface area contributed by atoms with Crippen molar-refractivity contribution in [3.63, 3.8) is 0 Å². The number of hydrogen-bond donors (Lipinski definition) is 1. The molecule has 0 saturated carbocycles. The molecule has 1 aromatic rings. The minimum atomic E-state index is 0.0144. The SMILES string of the molecule is O=C(NCc1ccc(N2CCCCC2=O)cc1)N1CCSCC1. The van der Waals surface area contributed by atoms with Crippen LogP contribution in [0, 0.1) is 0 Å². The molecule has 1 aromatic carbocycles. The maximum atomic E-state index is 12.1. The second-order valence-electron chi connectivity index (χ2n) is 5.93. The largest absolute Gasteiger partial charge is 0.334 e. The molecular weight excluding hydrogens is 310 g/mol. The Hall–Kier alpha value is -1.69. The molecule has 5 nitrogen and oxygen atoms in total. The van der Waals surface area contributed by atoms with Crippen molar-refractivity contribution in [2.45, 2.75) is 25.8 Å². The van der Waals surface area contributed by atoms with Crippen molar-refractivity contribution in [1.82, 2.24) is 10.2 Å². The monoisotopic (exact) mass is 333 g/mol. The number of piperidine rings is 1. The Kier molecular flexibility index (Phi) is 5.43. The molecule has 0 spiro atoms. The van der Waals surface area contributed by atoms with Gasteiger partial charge in [-0.3, -0.25) is 4.79 Å². The Balaban J connectivity index is 1.53. The summed E-state index contributed by atoms with van der Waals surface area (Å²) in [4.78, 5) is 27.7. The summed E-state index contributed by atoms with van der Waals surface area (Å²) < 4.78 is 0. The number of nitrogens with one attached hydrogen (secondary N) is 1. The number of carbonyl (C=O) groups excluding carboxylic acids is 2. The molecule has 3 rings (SSSR count). The summed E-state index contributed by atoms with van der Waals surface area (Å²) in [5.74, 6) is 2.25. The maximum Gasteiger partial charge on any atom is 0.317 e. The van der Waals surface area contributed by atoms with E-state index in [-0.39, 0.29) is 11.9 Å². The maximum absolute atomic E-state index is 12.1. The molecule has 0 atom stereocenters. The third-order valence-electron chi connectivity index (χ3n) is 4.31. The highest BCUT2D eigenvalue weighted by atomic mass is 32.2. The van der Waals surface area contributed by atoms with Gasteiger partial charge >= 0.3 is 6.03 Å². The fourth-order valence-electron chi connectivity index (χ4n) is 2.93. The highest BCUT2D eigenvalue weighted by Crippen LogP contribution is 2.21. The van der Waals surface area contributed by atoms with Crippen LogP contribution in [0.2, 0.25) is 0 Å². The van der Waals surface area contributed by atoms with Gasteiger partial charge in [0.1, 0.15) is 0 Å². The van der Waals surface area contributed by atoms with E-state index in [1.807, 2.05) is 45.8 Å². The van der Waals surface area contributed by atoms with Crippen LogP contribution >= 0.6 is 11.8 Å². The van der Waals surface area contributed by atoms with Crippen LogP contribution in [0.1, 0.15) is 24.8 Å². The smallest absolute Gasteiger partial charge is 0.317 e. The molecule has 3 amide bonds. The molecule has 2 fully saturated rings. The van der Waals surface area contributed by atoms with Crippen molar-refractivity contribution in [3.05, 3.63) is 29.8 Å². The Morgan fingerprint density at radius 1 is 1.09 bits per heavy atom. The molecule has 2 aliphatic rings.